The summed E-state index contributed by atoms with van der Waals surface area (Å²) in [7, 11) is 0. The summed E-state index contributed by atoms with van der Waals surface area (Å²) in [5.74, 6) is -0.929. The lowest BCUT2D eigenvalue weighted by Crippen LogP contribution is -2.30. The number of unbranched alkanes of at least 4 members (excludes halogenated alkanes) is 38. The number of carbonyl (C=O) groups is 3. The van der Waals surface area contributed by atoms with Gasteiger partial charge in [-0.15, -0.1) is 0 Å². The lowest BCUT2D eigenvalue weighted by molar-refractivity contribution is -0.167. The van der Waals surface area contributed by atoms with Gasteiger partial charge in [0, 0.05) is 19.3 Å². The minimum absolute atomic E-state index is 0.0939. The fraction of sp³-hybridized carbons (Fsp3) is 0.770. The Labute approximate surface area is 496 Å². The maximum absolute atomic E-state index is 12.9. The van der Waals surface area contributed by atoms with Crippen LogP contribution in [0.25, 0.3) is 0 Å². The Morgan fingerprint density at radius 1 is 0.263 bits per heavy atom. The van der Waals surface area contributed by atoms with Crippen molar-refractivity contribution in [2.24, 2.45) is 0 Å². The number of allylic oxidation sites excluding steroid dienone is 14. The summed E-state index contributed by atoms with van der Waals surface area (Å²) in [5, 5.41) is 0. The van der Waals surface area contributed by atoms with Crippen molar-refractivity contribution in [1.82, 2.24) is 0 Å². The Bertz CT molecular complexity index is 1520. The molecule has 0 aromatic carbocycles. The van der Waals surface area contributed by atoms with Crippen LogP contribution in [0.1, 0.15) is 348 Å². The first kappa shape index (κ1) is 76.6. The largest absolute Gasteiger partial charge is 0.462 e. The molecule has 1 atom stereocenters. The van der Waals surface area contributed by atoms with Crippen LogP contribution in [-0.2, 0) is 28.6 Å². The summed E-state index contributed by atoms with van der Waals surface area (Å²) in [5.41, 5.74) is 0. The quantitative estimate of drug-likeness (QED) is 0.0261. The molecular weight excluding hydrogens is 985 g/mol. The van der Waals surface area contributed by atoms with E-state index >= 15 is 0 Å². The Balaban J connectivity index is 4.38. The molecule has 0 N–H and O–H groups in total. The van der Waals surface area contributed by atoms with Crippen molar-refractivity contribution in [2.45, 2.75) is 354 Å². The van der Waals surface area contributed by atoms with Gasteiger partial charge in [0.25, 0.3) is 0 Å². The number of rotatable bonds is 63. The van der Waals surface area contributed by atoms with E-state index in [2.05, 4.69) is 106 Å². The third-order valence-electron chi connectivity index (χ3n) is 15.1. The first-order valence-corrected chi connectivity index (χ1v) is 34.6. The molecule has 6 nitrogen and oxygen atoms in total. The number of hydrogen-bond donors (Lipinski definition) is 0. The minimum Gasteiger partial charge on any atom is -0.462 e. The van der Waals surface area contributed by atoms with Gasteiger partial charge in [-0.25, -0.2) is 0 Å². The van der Waals surface area contributed by atoms with Gasteiger partial charge in [-0.05, 0) is 96.3 Å². The third kappa shape index (κ3) is 65.4. The summed E-state index contributed by atoms with van der Waals surface area (Å²) in [6.07, 6.45) is 90.4. The Hall–Kier alpha value is -3.41. The molecular formula is C74H130O6. The standard InChI is InChI=1S/C74H130O6/c1-4-7-10-13-16-19-22-25-28-31-33-35-36-37-38-40-41-43-46-49-52-55-58-61-64-67-73(76)79-70-71(69-78-72(75)66-63-60-57-54-51-48-45-30-27-24-21-18-15-12-9-6-3)80-74(77)68-65-62-59-56-53-50-47-44-42-39-34-32-29-26-23-20-17-14-11-8-5-2/h8,11,17,20,26,29-30,34,39,44-45,47,53,56,71H,4-7,9-10,12-16,18-19,21-25,27-28,31-33,35-38,40-43,46,48-52,54-55,57-70H2,1-3H3/b11-8-,20-17-,29-26-,39-34-,45-30-,47-44-,56-53-. The van der Waals surface area contributed by atoms with E-state index < -0.39 is 6.10 Å². The molecule has 0 amide bonds. The number of ether oxygens (including phenoxy) is 3. The number of hydrogen-bond acceptors (Lipinski definition) is 6. The molecule has 0 bridgehead atoms. The summed E-state index contributed by atoms with van der Waals surface area (Å²) in [6, 6.07) is 0. The van der Waals surface area contributed by atoms with Crippen LogP contribution in [0.15, 0.2) is 85.1 Å². The monoisotopic (exact) mass is 1110 g/mol. The molecule has 0 fully saturated rings. The van der Waals surface area contributed by atoms with Gasteiger partial charge < -0.3 is 14.2 Å². The van der Waals surface area contributed by atoms with Gasteiger partial charge in [0.15, 0.2) is 6.10 Å². The van der Waals surface area contributed by atoms with Crippen molar-refractivity contribution in [3.63, 3.8) is 0 Å². The molecule has 0 aromatic heterocycles. The molecule has 6 heteroatoms. The highest BCUT2D eigenvalue weighted by Crippen LogP contribution is 2.18. The van der Waals surface area contributed by atoms with E-state index in [9.17, 15) is 14.4 Å². The molecule has 80 heavy (non-hydrogen) atoms. The Kier molecular flexibility index (Phi) is 65.2. The smallest absolute Gasteiger partial charge is 0.306 e. The second kappa shape index (κ2) is 68.1. The Morgan fingerprint density at radius 2 is 0.487 bits per heavy atom. The lowest BCUT2D eigenvalue weighted by Gasteiger charge is -2.18. The zero-order valence-electron chi connectivity index (χ0n) is 53.1. The average molecular weight is 1120 g/mol. The number of carbonyl (C=O) groups excluding carboxylic acids is 3. The highest BCUT2D eigenvalue weighted by Gasteiger charge is 2.19. The van der Waals surface area contributed by atoms with Crippen molar-refractivity contribution in [3.8, 4) is 0 Å². The van der Waals surface area contributed by atoms with E-state index in [0.29, 0.717) is 19.3 Å². The zero-order chi connectivity index (χ0) is 57.8. The summed E-state index contributed by atoms with van der Waals surface area (Å²) >= 11 is 0. The molecule has 0 aliphatic heterocycles. The first-order valence-electron chi connectivity index (χ1n) is 34.6. The molecule has 0 rings (SSSR count). The molecule has 0 saturated heterocycles. The van der Waals surface area contributed by atoms with Gasteiger partial charge in [0.1, 0.15) is 13.2 Å². The van der Waals surface area contributed by atoms with Crippen LogP contribution in [0.3, 0.4) is 0 Å². The molecule has 462 valence electrons. The van der Waals surface area contributed by atoms with Crippen molar-refractivity contribution >= 4 is 17.9 Å². The van der Waals surface area contributed by atoms with E-state index in [1.165, 1.54) is 205 Å². The Morgan fingerprint density at radius 3 is 0.800 bits per heavy atom. The molecule has 0 heterocycles. The maximum Gasteiger partial charge on any atom is 0.306 e. The lowest BCUT2D eigenvalue weighted by atomic mass is 10.0. The molecule has 0 aliphatic carbocycles. The zero-order valence-corrected chi connectivity index (χ0v) is 53.1. The second-order valence-electron chi connectivity index (χ2n) is 23.1. The summed E-state index contributed by atoms with van der Waals surface area (Å²) in [6.45, 7) is 6.53. The van der Waals surface area contributed by atoms with Crippen LogP contribution >= 0.6 is 0 Å². The third-order valence-corrected chi connectivity index (χ3v) is 15.1. The van der Waals surface area contributed by atoms with Crippen LogP contribution in [0.2, 0.25) is 0 Å². The maximum atomic E-state index is 12.9. The highest BCUT2D eigenvalue weighted by molar-refractivity contribution is 5.71. The van der Waals surface area contributed by atoms with Crippen molar-refractivity contribution in [1.29, 1.82) is 0 Å². The van der Waals surface area contributed by atoms with Crippen molar-refractivity contribution in [2.75, 3.05) is 13.2 Å². The predicted molar refractivity (Wildman–Crippen MR) is 348 cm³/mol. The van der Waals surface area contributed by atoms with Crippen LogP contribution in [0.4, 0.5) is 0 Å². The first-order chi connectivity index (χ1) is 39.5. The van der Waals surface area contributed by atoms with E-state index in [1.54, 1.807) is 0 Å². The molecule has 0 aromatic rings. The van der Waals surface area contributed by atoms with E-state index in [0.717, 1.165) is 96.3 Å². The molecule has 0 radical (unpaired) electrons. The van der Waals surface area contributed by atoms with Gasteiger partial charge in [0.2, 0.25) is 0 Å². The van der Waals surface area contributed by atoms with Crippen LogP contribution in [0, 0.1) is 0 Å². The van der Waals surface area contributed by atoms with Gasteiger partial charge in [-0.1, -0.05) is 318 Å². The minimum atomic E-state index is -0.804. The molecule has 0 aliphatic rings. The van der Waals surface area contributed by atoms with Gasteiger partial charge in [0.05, 0.1) is 0 Å². The average Bonchev–Trinajstić information content (AvgIpc) is 3.46. The van der Waals surface area contributed by atoms with E-state index in [4.69, 9.17) is 14.2 Å². The molecule has 0 saturated carbocycles. The van der Waals surface area contributed by atoms with Crippen LogP contribution < -0.4 is 0 Å². The van der Waals surface area contributed by atoms with Crippen molar-refractivity contribution < 1.29 is 28.6 Å². The topological polar surface area (TPSA) is 78.9 Å². The van der Waals surface area contributed by atoms with E-state index in [-0.39, 0.29) is 37.5 Å². The second-order valence-corrected chi connectivity index (χ2v) is 23.1. The summed E-state index contributed by atoms with van der Waals surface area (Å²) in [4.78, 5) is 38.4. The van der Waals surface area contributed by atoms with Crippen LogP contribution in [-0.4, -0.2) is 37.2 Å². The van der Waals surface area contributed by atoms with Gasteiger partial charge >= 0.3 is 17.9 Å². The SMILES string of the molecule is CC/C=C\C/C=C\C/C=C\C/C=C\C/C=C\C/C=C\CCCCC(=O)OC(COC(=O)CCCCCCC/C=C\CCCCCCCCC)COC(=O)CCCCCCCCCCCCCCCCCCCCCCCCCCC. The fourth-order valence-corrected chi connectivity index (χ4v) is 9.97. The highest BCUT2D eigenvalue weighted by atomic mass is 16.6. The number of esters is 3. The van der Waals surface area contributed by atoms with Crippen molar-refractivity contribution in [3.05, 3.63) is 85.1 Å². The summed E-state index contributed by atoms with van der Waals surface area (Å²) < 4.78 is 16.9. The predicted octanol–water partition coefficient (Wildman–Crippen LogP) is 23.8. The van der Waals surface area contributed by atoms with Gasteiger partial charge in [-0.3, -0.25) is 14.4 Å². The van der Waals surface area contributed by atoms with Crippen LogP contribution in [0.5, 0.6) is 0 Å². The molecule has 1 unspecified atom stereocenters. The normalized spacial score (nSPS) is 12.6. The van der Waals surface area contributed by atoms with E-state index in [1.807, 2.05) is 0 Å². The van der Waals surface area contributed by atoms with Gasteiger partial charge in [-0.2, -0.15) is 0 Å². The fourth-order valence-electron chi connectivity index (χ4n) is 9.97. The molecule has 0 spiro atoms.